The fourth-order valence-corrected chi connectivity index (χ4v) is 2.61. The Balaban J connectivity index is 1.96. The van der Waals surface area contributed by atoms with Gasteiger partial charge in [0.25, 0.3) is 0 Å². The van der Waals surface area contributed by atoms with Crippen LogP contribution in [0.15, 0.2) is 18.2 Å². The molecule has 0 atom stereocenters. The van der Waals surface area contributed by atoms with Gasteiger partial charge in [-0.25, -0.2) is 8.78 Å². The molecule has 0 spiro atoms. The van der Waals surface area contributed by atoms with Crippen LogP contribution in [0.4, 0.5) is 8.78 Å². The third-order valence-electron chi connectivity index (χ3n) is 4.52. The molecule has 1 aliphatic rings. The maximum Gasteiger partial charge on any atom is 0.179 e. The van der Waals surface area contributed by atoms with E-state index < -0.39 is 11.6 Å². The van der Waals surface area contributed by atoms with E-state index in [9.17, 15) is 13.6 Å². The number of benzene rings is 1. The summed E-state index contributed by atoms with van der Waals surface area (Å²) in [5, 5.41) is 0. The van der Waals surface area contributed by atoms with Crippen LogP contribution in [0.25, 0.3) is 0 Å². The first-order chi connectivity index (χ1) is 9.43. The van der Waals surface area contributed by atoms with Crippen molar-refractivity contribution in [1.29, 1.82) is 0 Å². The van der Waals surface area contributed by atoms with Crippen molar-refractivity contribution in [2.45, 2.75) is 33.1 Å². The van der Waals surface area contributed by atoms with Crippen LogP contribution in [0.3, 0.4) is 0 Å². The summed E-state index contributed by atoms with van der Waals surface area (Å²) in [5.41, 5.74) is 0.343. The molecule has 0 unspecified atom stereocenters. The Labute approximate surface area is 118 Å². The van der Waals surface area contributed by atoms with Gasteiger partial charge in [0.05, 0.1) is 12.1 Å². The van der Waals surface area contributed by atoms with Crippen LogP contribution in [0.5, 0.6) is 0 Å². The van der Waals surface area contributed by atoms with Crippen LogP contribution in [0, 0.1) is 17.0 Å². The van der Waals surface area contributed by atoms with Gasteiger partial charge in [0.1, 0.15) is 11.6 Å². The summed E-state index contributed by atoms with van der Waals surface area (Å²) < 4.78 is 26.4. The molecule has 4 heteroatoms. The van der Waals surface area contributed by atoms with E-state index in [4.69, 9.17) is 0 Å². The standard InChI is InChI=1S/C16H21F2NO/c1-3-16(2)6-8-19(9-7-16)11-15(20)13-5-4-12(17)10-14(13)18/h4-5,10H,3,6-9,11H2,1-2H3. The highest BCUT2D eigenvalue weighted by Gasteiger charge is 2.29. The van der Waals surface area contributed by atoms with Gasteiger partial charge in [-0.15, -0.1) is 0 Å². The summed E-state index contributed by atoms with van der Waals surface area (Å²) >= 11 is 0. The minimum atomic E-state index is -0.773. The molecule has 0 bridgehead atoms. The lowest BCUT2D eigenvalue weighted by molar-refractivity contribution is 0.0809. The third-order valence-corrected chi connectivity index (χ3v) is 4.52. The van der Waals surface area contributed by atoms with Crippen molar-refractivity contribution < 1.29 is 13.6 Å². The average Bonchev–Trinajstić information content (AvgIpc) is 2.41. The summed E-state index contributed by atoms with van der Waals surface area (Å²) in [6.07, 6.45) is 3.26. The first-order valence-corrected chi connectivity index (χ1v) is 7.14. The monoisotopic (exact) mass is 281 g/mol. The van der Waals surface area contributed by atoms with Gasteiger partial charge in [-0.05, 0) is 43.5 Å². The molecule has 1 fully saturated rings. The Bertz CT molecular complexity index is 493. The second-order valence-corrected chi connectivity index (χ2v) is 5.99. The van der Waals surface area contributed by atoms with Crippen molar-refractivity contribution in [2.24, 2.45) is 5.41 Å². The maximum atomic E-state index is 13.6. The molecule has 20 heavy (non-hydrogen) atoms. The van der Waals surface area contributed by atoms with Gasteiger partial charge in [-0.3, -0.25) is 9.69 Å². The number of ketones is 1. The number of halogens is 2. The lowest BCUT2D eigenvalue weighted by Gasteiger charge is -2.38. The molecule has 1 aromatic rings. The number of likely N-dealkylation sites (tertiary alicyclic amines) is 1. The molecule has 0 N–H and O–H groups in total. The van der Waals surface area contributed by atoms with Crippen LogP contribution in [-0.2, 0) is 0 Å². The van der Waals surface area contributed by atoms with E-state index in [1.165, 1.54) is 6.07 Å². The van der Waals surface area contributed by atoms with E-state index in [0.717, 1.165) is 44.5 Å². The summed E-state index contributed by atoms with van der Waals surface area (Å²) in [6.45, 7) is 6.39. The molecule has 0 radical (unpaired) electrons. The SMILES string of the molecule is CCC1(C)CCN(CC(=O)c2ccc(F)cc2F)CC1. The number of Topliss-reactive ketones (excluding diaryl/α,β-unsaturated/α-hetero) is 1. The predicted molar refractivity (Wildman–Crippen MR) is 74.8 cm³/mol. The number of hydrogen-bond acceptors (Lipinski definition) is 2. The molecular weight excluding hydrogens is 260 g/mol. The molecule has 2 nitrogen and oxygen atoms in total. The van der Waals surface area contributed by atoms with Crippen molar-refractivity contribution >= 4 is 5.78 Å². The van der Waals surface area contributed by atoms with E-state index in [0.29, 0.717) is 5.41 Å². The molecule has 0 aliphatic carbocycles. The Kier molecular flexibility index (Phi) is 4.53. The third kappa shape index (κ3) is 3.42. The van der Waals surface area contributed by atoms with Gasteiger partial charge in [0, 0.05) is 6.07 Å². The maximum absolute atomic E-state index is 13.6. The lowest BCUT2D eigenvalue weighted by Crippen LogP contribution is -2.41. The van der Waals surface area contributed by atoms with Gasteiger partial charge >= 0.3 is 0 Å². The van der Waals surface area contributed by atoms with E-state index in [-0.39, 0.29) is 17.9 Å². The van der Waals surface area contributed by atoms with E-state index in [1.54, 1.807) is 0 Å². The second-order valence-electron chi connectivity index (χ2n) is 5.99. The van der Waals surface area contributed by atoms with Crippen LogP contribution in [-0.4, -0.2) is 30.3 Å². The van der Waals surface area contributed by atoms with Crippen molar-refractivity contribution in [3.63, 3.8) is 0 Å². The molecule has 110 valence electrons. The summed E-state index contributed by atoms with van der Waals surface area (Å²) in [4.78, 5) is 14.1. The average molecular weight is 281 g/mol. The van der Waals surface area contributed by atoms with Crippen molar-refractivity contribution in [1.82, 2.24) is 4.90 Å². The number of piperidine rings is 1. The van der Waals surface area contributed by atoms with Gasteiger partial charge in [0.2, 0.25) is 0 Å². The molecule has 2 rings (SSSR count). The lowest BCUT2D eigenvalue weighted by atomic mass is 9.78. The highest BCUT2D eigenvalue weighted by atomic mass is 19.1. The number of carbonyl (C=O) groups excluding carboxylic acids is 1. The molecule has 1 aromatic carbocycles. The molecular formula is C16H21F2NO. The number of rotatable bonds is 4. The fraction of sp³-hybridized carbons (Fsp3) is 0.562. The highest BCUT2D eigenvalue weighted by molar-refractivity contribution is 5.97. The van der Waals surface area contributed by atoms with Gasteiger partial charge in [-0.1, -0.05) is 20.3 Å². The quantitative estimate of drug-likeness (QED) is 0.785. The molecule has 0 aromatic heterocycles. The van der Waals surface area contributed by atoms with Crippen LogP contribution < -0.4 is 0 Å². The van der Waals surface area contributed by atoms with Crippen molar-refractivity contribution in [3.8, 4) is 0 Å². The molecule has 1 saturated heterocycles. The normalized spacial score (nSPS) is 19.0. The Hall–Kier alpha value is -1.29. The first-order valence-electron chi connectivity index (χ1n) is 7.14. The summed E-state index contributed by atoms with van der Waals surface area (Å²) in [5.74, 6) is -1.70. The number of nitrogens with zero attached hydrogens (tertiary/aromatic N) is 1. The van der Waals surface area contributed by atoms with E-state index >= 15 is 0 Å². The zero-order chi connectivity index (χ0) is 14.8. The van der Waals surface area contributed by atoms with E-state index in [1.807, 2.05) is 0 Å². The van der Waals surface area contributed by atoms with Crippen LogP contribution >= 0.6 is 0 Å². The largest absolute Gasteiger partial charge is 0.296 e. The molecule has 1 aliphatic heterocycles. The van der Waals surface area contributed by atoms with E-state index in [2.05, 4.69) is 18.7 Å². The smallest absolute Gasteiger partial charge is 0.179 e. The Morgan fingerprint density at radius 2 is 1.95 bits per heavy atom. The van der Waals surface area contributed by atoms with Gasteiger partial charge < -0.3 is 0 Å². The minimum Gasteiger partial charge on any atom is -0.296 e. The summed E-state index contributed by atoms with van der Waals surface area (Å²) in [6, 6.07) is 3.12. The summed E-state index contributed by atoms with van der Waals surface area (Å²) in [7, 11) is 0. The predicted octanol–water partition coefficient (Wildman–Crippen LogP) is 3.66. The fourth-order valence-electron chi connectivity index (χ4n) is 2.61. The topological polar surface area (TPSA) is 20.3 Å². The molecule has 1 heterocycles. The zero-order valence-corrected chi connectivity index (χ0v) is 12.1. The van der Waals surface area contributed by atoms with Crippen LogP contribution in [0.2, 0.25) is 0 Å². The number of hydrogen-bond donors (Lipinski definition) is 0. The minimum absolute atomic E-state index is 0.0183. The zero-order valence-electron chi connectivity index (χ0n) is 12.1. The first kappa shape index (κ1) is 15.1. The molecule has 0 amide bonds. The van der Waals surface area contributed by atoms with Crippen molar-refractivity contribution in [3.05, 3.63) is 35.4 Å². The molecule has 0 saturated carbocycles. The van der Waals surface area contributed by atoms with Gasteiger partial charge in [0.15, 0.2) is 5.78 Å². The van der Waals surface area contributed by atoms with Crippen molar-refractivity contribution in [2.75, 3.05) is 19.6 Å². The van der Waals surface area contributed by atoms with Gasteiger partial charge in [-0.2, -0.15) is 0 Å². The van der Waals surface area contributed by atoms with Crippen LogP contribution in [0.1, 0.15) is 43.5 Å². The Morgan fingerprint density at radius 1 is 1.30 bits per heavy atom. The number of carbonyl (C=O) groups is 1. The Morgan fingerprint density at radius 3 is 2.50 bits per heavy atom. The second kappa shape index (κ2) is 6.00. The highest BCUT2D eigenvalue weighted by Crippen LogP contribution is 2.33.